The predicted molar refractivity (Wildman–Crippen MR) is 86.7 cm³/mol. The van der Waals surface area contributed by atoms with Crippen LogP contribution in [-0.4, -0.2) is 56.4 Å². The number of aromatic nitrogens is 5. The molecule has 0 saturated carbocycles. The molecule has 0 saturated heterocycles. The minimum Gasteiger partial charge on any atom is -0.744 e. The first kappa shape index (κ1) is 26.8. The van der Waals surface area contributed by atoms with Gasteiger partial charge in [-0.3, -0.25) is 4.79 Å². The van der Waals surface area contributed by atoms with Gasteiger partial charge in [0, 0.05) is 5.56 Å². The Kier molecular flexibility index (Phi) is 8.83. The molecule has 1 aromatic carbocycles. The molecule has 0 amide bonds. The third kappa shape index (κ3) is 5.91. The molecule has 0 fully saturated rings. The summed E-state index contributed by atoms with van der Waals surface area (Å²) in [5, 5.41) is 24.4. The summed E-state index contributed by atoms with van der Waals surface area (Å²) in [6.45, 7) is 0. The summed E-state index contributed by atoms with van der Waals surface area (Å²) in [5.41, 5.74) is -1.14. The molecule has 0 atom stereocenters. The number of hydrogen-bond acceptors (Lipinski definition) is 12. The van der Waals surface area contributed by atoms with Crippen molar-refractivity contribution in [1.29, 1.82) is 0 Å². The maximum atomic E-state index is 11.7. The van der Waals surface area contributed by atoms with E-state index in [4.69, 9.17) is 0 Å². The van der Waals surface area contributed by atoms with Crippen molar-refractivity contribution >= 4 is 20.2 Å². The van der Waals surface area contributed by atoms with Crippen molar-refractivity contribution < 1.29 is 90.2 Å². The molecule has 2 aromatic heterocycles. The van der Waals surface area contributed by atoms with Gasteiger partial charge in [-0.1, -0.05) is 0 Å². The van der Waals surface area contributed by atoms with Gasteiger partial charge in [-0.05, 0) is 30.3 Å². The number of rotatable bonds is 4. The summed E-state index contributed by atoms with van der Waals surface area (Å²) in [5.74, 6) is -1.16. The summed E-state index contributed by atoms with van der Waals surface area (Å²) >= 11 is 0. The first-order valence-corrected chi connectivity index (χ1v) is 9.85. The van der Waals surface area contributed by atoms with Gasteiger partial charge in [0.25, 0.3) is 5.56 Å². The van der Waals surface area contributed by atoms with Gasteiger partial charge in [-0.2, -0.15) is 0 Å². The van der Waals surface area contributed by atoms with E-state index in [1.165, 1.54) is 0 Å². The zero-order valence-corrected chi connectivity index (χ0v) is 20.9. The van der Waals surface area contributed by atoms with E-state index in [0.717, 1.165) is 30.3 Å². The second-order valence-corrected chi connectivity index (χ2v) is 7.90. The molecule has 2 N–H and O–H groups in total. The Hall–Kier alpha value is -1.27. The van der Waals surface area contributed by atoms with Crippen LogP contribution in [0, 0.1) is 0 Å². The molecule has 30 heavy (non-hydrogen) atoms. The van der Waals surface area contributed by atoms with Crippen LogP contribution in [0.15, 0.2) is 44.9 Å². The van der Waals surface area contributed by atoms with Gasteiger partial charge in [-0.25, -0.2) is 16.8 Å². The number of hydrogen-bond donors (Lipinski definition) is 2. The van der Waals surface area contributed by atoms with E-state index in [-0.39, 0.29) is 82.0 Å². The first-order valence-electron chi connectivity index (χ1n) is 7.03. The molecular weight excluding hydrogens is 464 g/mol. The number of benzene rings is 1. The van der Waals surface area contributed by atoms with Gasteiger partial charge < -0.3 is 19.2 Å². The Labute approximate surface area is 213 Å². The fourth-order valence-corrected chi connectivity index (χ4v) is 3.17. The minimum atomic E-state index is -4.95. The number of aromatic amines is 1. The summed E-state index contributed by atoms with van der Waals surface area (Å²) in [6.07, 6.45) is 0. The topological polar surface area (TPSA) is 219 Å². The van der Waals surface area contributed by atoms with Crippen LogP contribution < -0.4 is 64.7 Å². The van der Waals surface area contributed by atoms with Crippen LogP contribution in [0.1, 0.15) is 0 Å². The third-order valence-electron chi connectivity index (χ3n) is 3.35. The van der Waals surface area contributed by atoms with Crippen LogP contribution in [0.2, 0.25) is 0 Å². The molecule has 0 radical (unpaired) electrons. The van der Waals surface area contributed by atoms with E-state index in [2.05, 4.69) is 25.4 Å². The van der Waals surface area contributed by atoms with Crippen LogP contribution in [-0.2, 0) is 20.2 Å². The Morgan fingerprint density at radius 3 is 1.77 bits per heavy atom. The SMILES string of the molecule is O=c1[nH]c(-c2nnc(-c3ccc(S(=O)(=O)[O-])c(O)c3)nn2)ccc1S(=O)(=O)[O-].[Na+].[Na+]. The number of H-pyrrole nitrogens is 1. The largest absolute Gasteiger partial charge is 1.00 e. The summed E-state index contributed by atoms with van der Waals surface area (Å²) < 4.78 is 65.6. The van der Waals surface area contributed by atoms with Crippen molar-refractivity contribution in [2.75, 3.05) is 0 Å². The zero-order chi connectivity index (χ0) is 20.7. The van der Waals surface area contributed by atoms with Gasteiger partial charge in [0.1, 0.15) is 30.9 Å². The fourth-order valence-electron chi connectivity index (χ4n) is 2.11. The van der Waals surface area contributed by atoms with Gasteiger partial charge in [0.15, 0.2) is 0 Å². The van der Waals surface area contributed by atoms with Crippen LogP contribution >= 0.6 is 0 Å². The summed E-state index contributed by atoms with van der Waals surface area (Å²) in [7, 11) is -9.81. The van der Waals surface area contributed by atoms with Crippen molar-refractivity contribution in [1.82, 2.24) is 25.4 Å². The molecule has 0 spiro atoms. The fraction of sp³-hybridized carbons (Fsp3) is 0. The van der Waals surface area contributed by atoms with Crippen LogP contribution in [0.3, 0.4) is 0 Å². The monoisotopic (exact) mass is 471 g/mol. The van der Waals surface area contributed by atoms with E-state index >= 15 is 0 Å². The smallest absolute Gasteiger partial charge is 0.744 e. The first-order chi connectivity index (χ1) is 13.0. The predicted octanol–water partition coefficient (Wildman–Crippen LogP) is -7.19. The van der Waals surface area contributed by atoms with Gasteiger partial charge in [0.05, 0.1) is 10.6 Å². The quantitative estimate of drug-likeness (QED) is 0.268. The van der Waals surface area contributed by atoms with Crippen molar-refractivity contribution in [3.63, 3.8) is 0 Å². The molecule has 3 rings (SSSR count). The van der Waals surface area contributed by atoms with Crippen molar-refractivity contribution in [3.8, 4) is 28.7 Å². The zero-order valence-electron chi connectivity index (χ0n) is 15.3. The van der Waals surface area contributed by atoms with Crippen LogP contribution in [0.25, 0.3) is 22.9 Å². The molecule has 3 aromatic rings. The molecule has 17 heteroatoms. The molecule has 0 aliphatic rings. The Bertz CT molecular complexity index is 1340. The minimum absolute atomic E-state index is 0. The average molecular weight is 471 g/mol. The molecule has 0 aliphatic heterocycles. The molecular formula is C13H7N5Na2O8S2. The van der Waals surface area contributed by atoms with Gasteiger partial charge >= 0.3 is 59.1 Å². The maximum absolute atomic E-state index is 11.7. The van der Waals surface area contributed by atoms with E-state index in [1.54, 1.807) is 0 Å². The molecule has 0 bridgehead atoms. The van der Waals surface area contributed by atoms with Crippen LogP contribution in [0.4, 0.5) is 0 Å². The normalized spacial score (nSPS) is 11.3. The van der Waals surface area contributed by atoms with Crippen LogP contribution in [0.5, 0.6) is 5.75 Å². The number of phenolic OH excluding ortho intramolecular Hbond substituents is 1. The third-order valence-corrected chi connectivity index (χ3v) is 5.09. The second-order valence-electron chi connectivity index (χ2n) is 5.20. The molecule has 2 heterocycles. The van der Waals surface area contributed by atoms with E-state index in [0.29, 0.717) is 0 Å². The Balaban J connectivity index is 0.00000225. The van der Waals surface area contributed by atoms with E-state index < -0.39 is 41.3 Å². The van der Waals surface area contributed by atoms with Crippen molar-refractivity contribution in [3.05, 3.63) is 40.7 Å². The standard InChI is InChI=1S/C13H9N5O8S2.2Na/c19-8-5-6(1-3-9(8)27(21,22)23)11-15-17-12(18-16-11)7-2-4-10(13(20)14-7)28(24,25)26;;/h1-5,19H,(H,14,20)(H,21,22,23)(H,24,25,26);;/q;2*+1/p-2. The van der Waals surface area contributed by atoms with Gasteiger partial charge in [0.2, 0.25) is 11.6 Å². The number of aromatic hydroxyl groups is 1. The van der Waals surface area contributed by atoms with Gasteiger partial charge in [-0.15, -0.1) is 20.4 Å². The number of nitrogens with one attached hydrogen (secondary N) is 1. The maximum Gasteiger partial charge on any atom is 1.00 e. The summed E-state index contributed by atoms with van der Waals surface area (Å²) in [6, 6.07) is 4.81. The number of pyridine rings is 1. The van der Waals surface area contributed by atoms with Crippen molar-refractivity contribution in [2.45, 2.75) is 9.79 Å². The molecule has 0 unspecified atom stereocenters. The number of phenols is 1. The average Bonchev–Trinajstić information content (AvgIpc) is 2.59. The Morgan fingerprint density at radius 1 is 0.800 bits per heavy atom. The Morgan fingerprint density at radius 2 is 1.30 bits per heavy atom. The summed E-state index contributed by atoms with van der Waals surface area (Å²) in [4.78, 5) is 12.0. The number of nitrogens with zero attached hydrogens (tertiary/aromatic N) is 4. The van der Waals surface area contributed by atoms with E-state index in [9.17, 15) is 35.8 Å². The molecule has 0 aliphatic carbocycles. The molecule has 13 nitrogen and oxygen atoms in total. The van der Waals surface area contributed by atoms with Crippen molar-refractivity contribution in [2.24, 2.45) is 0 Å². The van der Waals surface area contributed by atoms with E-state index in [1.807, 2.05) is 0 Å². The second kappa shape index (κ2) is 9.90. The molecule has 146 valence electrons.